The van der Waals surface area contributed by atoms with Crippen molar-refractivity contribution in [3.8, 4) is 11.4 Å². The molecule has 1 aliphatic rings. The van der Waals surface area contributed by atoms with Gasteiger partial charge in [0.1, 0.15) is 5.76 Å². The Morgan fingerprint density at radius 2 is 2.07 bits per heavy atom. The maximum Gasteiger partial charge on any atom is 0.231 e. The van der Waals surface area contributed by atoms with Gasteiger partial charge in [-0.05, 0) is 44.0 Å². The molecule has 0 saturated heterocycles. The number of nitrogens with zero attached hydrogens (tertiary/aromatic N) is 3. The Kier molecular flexibility index (Phi) is 6.25. The molecule has 0 spiro atoms. The second-order valence-corrected chi connectivity index (χ2v) is 8.54. The fourth-order valence-corrected chi connectivity index (χ4v) is 4.75. The quantitative estimate of drug-likeness (QED) is 0.516. The van der Waals surface area contributed by atoms with Crippen LogP contribution in [0.2, 0.25) is 5.02 Å². The van der Waals surface area contributed by atoms with Crippen LogP contribution >= 0.6 is 23.4 Å². The predicted molar refractivity (Wildman–Crippen MR) is 114 cm³/mol. The van der Waals surface area contributed by atoms with Gasteiger partial charge in [0, 0.05) is 11.6 Å². The van der Waals surface area contributed by atoms with Gasteiger partial charge in [-0.1, -0.05) is 48.3 Å². The number of rotatable bonds is 7. The summed E-state index contributed by atoms with van der Waals surface area (Å²) in [5, 5.41) is 13.2. The van der Waals surface area contributed by atoms with Crippen LogP contribution in [0.15, 0.2) is 52.2 Å². The minimum atomic E-state index is -0.176. The van der Waals surface area contributed by atoms with Crippen LogP contribution in [-0.4, -0.2) is 26.4 Å². The SMILES string of the molecule is C[C@H](NC(=O)CSc1nnc(-c2ccccc2Cl)n1C1CCCC1)c1ccco1. The highest BCUT2D eigenvalue weighted by atomic mass is 35.5. The Hall–Kier alpha value is -2.25. The molecule has 0 bridgehead atoms. The molecule has 6 nitrogen and oxygen atoms in total. The number of aromatic nitrogens is 3. The van der Waals surface area contributed by atoms with Gasteiger partial charge in [-0.2, -0.15) is 0 Å². The minimum absolute atomic E-state index is 0.0702. The number of hydrogen-bond acceptors (Lipinski definition) is 5. The molecule has 0 unspecified atom stereocenters. The molecule has 0 radical (unpaired) electrons. The lowest BCUT2D eigenvalue weighted by Crippen LogP contribution is -2.28. The molecule has 29 heavy (non-hydrogen) atoms. The van der Waals surface area contributed by atoms with E-state index in [1.165, 1.54) is 24.6 Å². The summed E-state index contributed by atoms with van der Waals surface area (Å²) in [5.74, 6) is 1.70. The van der Waals surface area contributed by atoms with Crippen LogP contribution in [0.5, 0.6) is 0 Å². The maximum atomic E-state index is 12.4. The van der Waals surface area contributed by atoms with Crippen LogP contribution < -0.4 is 5.32 Å². The monoisotopic (exact) mass is 430 g/mol. The van der Waals surface area contributed by atoms with E-state index in [-0.39, 0.29) is 17.7 Å². The molecule has 0 aliphatic heterocycles. The third kappa shape index (κ3) is 4.51. The number of furan rings is 1. The van der Waals surface area contributed by atoms with Crippen molar-refractivity contribution in [2.45, 2.75) is 49.8 Å². The first-order valence-corrected chi connectivity index (χ1v) is 11.1. The first-order valence-electron chi connectivity index (χ1n) is 9.79. The molecule has 3 aromatic rings. The molecule has 152 valence electrons. The highest BCUT2D eigenvalue weighted by Crippen LogP contribution is 2.38. The van der Waals surface area contributed by atoms with E-state index < -0.39 is 0 Å². The van der Waals surface area contributed by atoms with E-state index >= 15 is 0 Å². The van der Waals surface area contributed by atoms with Crippen molar-refractivity contribution < 1.29 is 9.21 Å². The van der Waals surface area contributed by atoms with E-state index in [0.29, 0.717) is 11.1 Å². The Balaban J connectivity index is 1.51. The highest BCUT2D eigenvalue weighted by Gasteiger charge is 2.26. The van der Waals surface area contributed by atoms with E-state index in [1.807, 2.05) is 43.3 Å². The zero-order valence-corrected chi connectivity index (χ0v) is 17.7. The summed E-state index contributed by atoms with van der Waals surface area (Å²) in [4.78, 5) is 12.4. The third-order valence-corrected chi connectivity index (χ3v) is 6.42. The van der Waals surface area contributed by atoms with E-state index in [2.05, 4.69) is 20.1 Å². The molecule has 1 fully saturated rings. The van der Waals surface area contributed by atoms with Crippen LogP contribution in [0, 0.1) is 0 Å². The summed E-state index contributed by atoms with van der Waals surface area (Å²) in [6, 6.07) is 11.5. The van der Waals surface area contributed by atoms with Crippen LogP contribution in [0.3, 0.4) is 0 Å². The van der Waals surface area contributed by atoms with Crippen molar-refractivity contribution in [2.24, 2.45) is 0 Å². The third-order valence-electron chi connectivity index (χ3n) is 5.15. The van der Waals surface area contributed by atoms with Gasteiger partial charge in [0.2, 0.25) is 5.91 Å². The lowest BCUT2D eigenvalue weighted by atomic mass is 10.2. The molecular formula is C21H23ClN4O2S. The van der Waals surface area contributed by atoms with Crippen LogP contribution in [0.25, 0.3) is 11.4 Å². The zero-order valence-electron chi connectivity index (χ0n) is 16.2. The highest BCUT2D eigenvalue weighted by molar-refractivity contribution is 7.99. The van der Waals surface area contributed by atoms with E-state index in [4.69, 9.17) is 16.0 Å². The van der Waals surface area contributed by atoms with Crippen molar-refractivity contribution in [2.75, 3.05) is 5.75 Å². The van der Waals surface area contributed by atoms with E-state index in [0.717, 1.165) is 35.1 Å². The molecule has 1 atom stereocenters. The van der Waals surface area contributed by atoms with Crippen molar-refractivity contribution in [3.05, 3.63) is 53.4 Å². The smallest absolute Gasteiger partial charge is 0.231 e. The molecule has 2 aromatic heterocycles. The second kappa shape index (κ2) is 9.05. The maximum absolute atomic E-state index is 12.4. The van der Waals surface area contributed by atoms with E-state index in [9.17, 15) is 4.79 Å². The lowest BCUT2D eigenvalue weighted by molar-refractivity contribution is -0.119. The molecule has 1 aliphatic carbocycles. The van der Waals surface area contributed by atoms with Crippen molar-refractivity contribution in [1.82, 2.24) is 20.1 Å². The number of carbonyl (C=O) groups excluding carboxylic acids is 1. The Morgan fingerprint density at radius 1 is 1.28 bits per heavy atom. The van der Waals surface area contributed by atoms with Gasteiger partial charge in [0.05, 0.1) is 23.1 Å². The Bertz CT molecular complexity index is 967. The standard InChI is InChI=1S/C21H23ClN4O2S/c1-14(18-11-6-12-28-18)23-19(27)13-29-21-25-24-20(16-9-4-5-10-17(16)22)26(21)15-7-2-3-8-15/h4-6,9-12,14-15H,2-3,7-8,13H2,1H3,(H,23,27)/t14-/m0/s1. The number of amides is 1. The number of hydrogen-bond donors (Lipinski definition) is 1. The van der Waals surface area contributed by atoms with Crippen molar-refractivity contribution >= 4 is 29.3 Å². The summed E-state index contributed by atoms with van der Waals surface area (Å²) >= 11 is 7.83. The van der Waals surface area contributed by atoms with Crippen LogP contribution in [0.1, 0.15) is 50.5 Å². The van der Waals surface area contributed by atoms with E-state index in [1.54, 1.807) is 6.26 Å². The summed E-state index contributed by atoms with van der Waals surface area (Å²) in [7, 11) is 0. The first kappa shape index (κ1) is 20.0. The number of benzene rings is 1. The fraction of sp³-hybridized carbons (Fsp3) is 0.381. The second-order valence-electron chi connectivity index (χ2n) is 7.19. The number of halogens is 1. The molecule has 8 heteroatoms. The molecule has 1 aromatic carbocycles. The van der Waals surface area contributed by atoms with Gasteiger partial charge in [0.15, 0.2) is 11.0 Å². The summed E-state index contributed by atoms with van der Waals surface area (Å²) in [6.45, 7) is 1.90. The topological polar surface area (TPSA) is 73.0 Å². The molecule has 4 rings (SSSR count). The molecule has 1 N–H and O–H groups in total. The number of thioether (sulfide) groups is 1. The zero-order chi connectivity index (χ0) is 20.2. The number of carbonyl (C=O) groups is 1. The fourth-order valence-electron chi connectivity index (χ4n) is 3.72. The van der Waals surface area contributed by atoms with Gasteiger partial charge in [-0.3, -0.25) is 9.36 Å². The van der Waals surface area contributed by atoms with Gasteiger partial charge >= 0.3 is 0 Å². The molecule has 1 saturated carbocycles. The van der Waals surface area contributed by atoms with Gasteiger partial charge in [-0.15, -0.1) is 10.2 Å². The van der Waals surface area contributed by atoms with Crippen LogP contribution in [-0.2, 0) is 4.79 Å². The summed E-state index contributed by atoms with van der Waals surface area (Å²) < 4.78 is 7.52. The Labute approximate surface area is 179 Å². The normalized spacial score (nSPS) is 15.5. The largest absolute Gasteiger partial charge is 0.467 e. The van der Waals surface area contributed by atoms with Crippen molar-refractivity contribution in [1.29, 1.82) is 0 Å². The summed E-state index contributed by atoms with van der Waals surface area (Å²) in [6.07, 6.45) is 6.16. The number of nitrogens with one attached hydrogen (secondary N) is 1. The average Bonchev–Trinajstić information content (AvgIpc) is 3.47. The van der Waals surface area contributed by atoms with Crippen molar-refractivity contribution in [3.63, 3.8) is 0 Å². The molecular weight excluding hydrogens is 408 g/mol. The predicted octanol–water partition coefficient (Wildman–Crippen LogP) is 5.28. The summed E-state index contributed by atoms with van der Waals surface area (Å²) in [5.41, 5.74) is 0.872. The van der Waals surface area contributed by atoms with Gasteiger partial charge in [-0.25, -0.2) is 0 Å². The van der Waals surface area contributed by atoms with Gasteiger partial charge < -0.3 is 9.73 Å². The Morgan fingerprint density at radius 3 is 2.79 bits per heavy atom. The average molecular weight is 431 g/mol. The molecule has 1 amide bonds. The minimum Gasteiger partial charge on any atom is -0.467 e. The molecule has 2 heterocycles. The van der Waals surface area contributed by atoms with Crippen LogP contribution in [0.4, 0.5) is 0 Å². The van der Waals surface area contributed by atoms with Gasteiger partial charge in [0.25, 0.3) is 0 Å². The lowest BCUT2D eigenvalue weighted by Gasteiger charge is -2.17. The first-order chi connectivity index (χ1) is 14.1.